The predicted molar refractivity (Wildman–Crippen MR) is 68.8 cm³/mol. The van der Waals surface area contributed by atoms with Crippen LogP contribution in [0.4, 0.5) is 0 Å². The van der Waals surface area contributed by atoms with Gasteiger partial charge < -0.3 is 4.74 Å². The molecule has 1 aromatic rings. The van der Waals surface area contributed by atoms with Crippen molar-refractivity contribution >= 4 is 21.7 Å². The Hall–Kier alpha value is -0.670. The highest BCUT2D eigenvalue weighted by Gasteiger charge is 2.08. The summed E-state index contributed by atoms with van der Waals surface area (Å²) in [4.78, 5) is 11.7. The highest BCUT2D eigenvalue weighted by atomic mass is 79.9. The zero-order valence-electron chi connectivity index (χ0n) is 9.54. The second kappa shape index (κ2) is 7.58. The van der Waals surface area contributed by atoms with Gasteiger partial charge in [0, 0.05) is 16.6 Å². The molecule has 0 heterocycles. The van der Waals surface area contributed by atoms with Crippen LogP contribution in [-0.4, -0.2) is 19.0 Å². The number of benzene rings is 1. The Balaban J connectivity index is 2.33. The first-order valence-corrected chi connectivity index (χ1v) is 6.40. The summed E-state index contributed by atoms with van der Waals surface area (Å²) in [6.45, 7) is 2.99. The van der Waals surface area contributed by atoms with Crippen LogP contribution >= 0.6 is 15.9 Å². The third-order valence-electron chi connectivity index (χ3n) is 2.30. The van der Waals surface area contributed by atoms with E-state index in [1.54, 1.807) is 0 Å². The van der Waals surface area contributed by atoms with Gasteiger partial charge in [-0.3, -0.25) is 4.79 Å². The fourth-order valence-electron chi connectivity index (χ4n) is 1.38. The van der Waals surface area contributed by atoms with Gasteiger partial charge in [0.15, 0.2) is 5.78 Å². The molecule has 0 aliphatic heterocycles. The van der Waals surface area contributed by atoms with Crippen LogP contribution in [0.15, 0.2) is 28.7 Å². The first-order valence-electron chi connectivity index (χ1n) is 5.61. The summed E-state index contributed by atoms with van der Waals surface area (Å²) in [6.07, 6.45) is 3.35. The predicted octanol–water partition coefficient (Wildman–Crippen LogP) is 3.84. The molecular weight excluding hydrogens is 268 g/mol. The molecule has 0 unspecified atom stereocenters. The maximum atomic E-state index is 11.7. The van der Waals surface area contributed by atoms with Gasteiger partial charge in [0.05, 0.1) is 0 Å². The van der Waals surface area contributed by atoms with Crippen molar-refractivity contribution in [2.24, 2.45) is 0 Å². The molecule has 0 saturated carbocycles. The summed E-state index contributed by atoms with van der Waals surface area (Å²) in [6, 6.07) is 7.42. The third kappa shape index (κ3) is 4.45. The summed E-state index contributed by atoms with van der Waals surface area (Å²) < 4.78 is 6.17. The maximum Gasteiger partial charge on any atom is 0.189 e. The van der Waals surface area contributed by atoms with E-state index in [0.29, 0.717) is 12.2 Å². The molecule has 3 heteroatoms. The van der Waals surface area contributed by atoms with E-state index in [1.807, 2.05) is 24.3 Å². The van der Waals surface area contributed by atoms with Crippen molar-refractivity contribution in [3.63, 3.8) is 0 Å². The lowest BCUT2D eigenvalue weighted by Gasteiger charge is -2.04. The summed E-state index contributed by atoms with van der Waals surface area (Å²) in [5.74, 6) is 0.0315. The molecule has 0 radical (unpaired) electrons. The molecule has 0 N–H and O–H groups in total. The Morgan fingerprint density at radius 1 is 1.31 bits per heavy atom. The van der Waals surface area contributed by atoms with Crippen LogP contribution in [0.1, 0.15) is 36.5 Å². The maximum absolute atomic E-state index is 11.7. The van der Waals surface area contributed by atoms with E-state index in [0.717, 1.165) is 17.3 Å². The van der Waals surface area contributed by atoms with Gasteiger partial charge in [-0.25, -0.2) is 0 Å². The number of unbranched alkanes of at least 4 members (excludes halogenated alkanes) is 2. The molecule has 1 aromatic carbocycles. The molecular formula is C13H17BrO2. The monoisotopic (exact) mass is 284 g/mol. The van der Waals surface area contributed by atoms with Crippen LogP contribution in [0, 0.1) is 0 Å². The third-order valence-corrected chi connectivity index (χ3v) is 2.99. The first kappa shape index (κ1) is 13.4. The van der Waals surface area contributed by atoms with Gasteiger partial charge in [-0.15, -0.1) is 0 Å². The SMILES string of the molecule is CCCCCOCC(=O)c1ccccc1Br. The van der Waals surface area contributed by atoms with E-state index in [9.17, 15) is 4.79 Å². The molecule has 88 valence electrons. The Labute approximate surface area is 105 Å². The molecule has 0 amide bonds. The van der Waals surface area contributed by atoms with Gasteiger partial charge in [-0.05, 0) is 12.5 Å². The number of hydrogen-bond donors (Lipinski definition) is 0. The van der Waals surface area contributed by atoms with E-state index >= 15 is 0 Å². The second-order valence-corrected chi connectivity index (χ2v) is 4.52. The average molecular weight is 285 g/mol. The van der Waals surface area contributed by atoms with Crippen molar-refractivity contribution < 1.29 is 9.53 Å². The summed E-state index contributed by atoms with van der Waals surface area (Å²) in [5.41, 5.74) is 0.693. The normalized spacial score (nSPS) is 10.4. The Kier molecular flexibility index (Phi) is 6.34. The number of halogens is 1. The number of ketones is 1. The van der Waals surface area contributed by atoms with E-state index < -0.39 is 0 Å². The summed E-state index contributed by atoms with van der Waals surface area (Å²) >= 11 is 3.35. The number of ether oxygens (including phenoxy) is 1. The van der Waals surface area contributed by atoms with Crippen LogP contribution in [-0.2, 0) is 4.74 Å². The van der Waals surface area contributed by atoms with Crippen LogP contribution < -0.4 is 0 Å². The lowest BCUT2D eigenvalue weighted by Crippen LogP contribution is -2.10. The average Bonchev–Trinajstić information content (AvgIpc) is 2.29. The van der Waals surface area contributed by atoms with Crippen LogP contribution in [0.5, 0.6) is 0 Å². The molecule has 0 aromatic heterocycles. The fourth-order valence-corrected chi connectivity index (χ4v) is 1.89. The van der Waals surface area contributed by atoms with Gasteiger partial charge in [0.25, 0.3) is 0 Å². The fraction of sp³-hybridized carbons (Fsp3) is 0.462. The van der Waals surface area contributed by atoms with Crippen molar-refractivity contribution in [3.05, 3.63) is 34.3 Å². The number of Topliss-reactive ketones (excluding diaryl/α,β-unsaturated/α-hetero) is 1. The minimum atomic E-state index is 0.0315. The molecule has 16 heavy (non-hydrogen) atoms. The number of rotatable bonds is 7. The van der Waals surface area contributed by atoms with Crippen molar-refractivity contribution in [3.8, 4) is 0 Å². The Bertz CT molecular complexity index is 336. The Morgan fingerprint density at radius 2 is 2.06 bits per heavy atom. The summed E-state index contributed by atoms with van der Waals surface area (Å²) in [7, 11) is 0. The topological polar surface area (TPSA) is 26.3 Å². The molecule has 0 bridgehead atoms. The standard InChI is InChI=1S/C13H17BrO2/c1-2-3-6-9-16-10-13(15)11-7-4-5-8-12(11)14/h4-5,7-8H,2-3,6,9-10H2,1H3. The summed E-state index contributed by atoms with van der Waals surface area (Å²) in [5, 5.41) is 0. The largest absolute Gasteiger partial charge is 0.373 e. The molecule has 0 saturated heterocycles. The molecule has 2 nitrogen and oxygen atoms in total. The molecule has 0 spiro atoms. The quantitative estimate of drug-likeness (QED) is 0.562. The van der Waals surface area contributed by atoms with E-state index in [1.165, 1.54) is 6.42 Å². The molecule has 1 rings (SSSR count). The second-order valence-electron chi connectivity index (χ2n) is 3.66. The molecule has 0 atom stereocenters. The minimum absolute atomic E-state index is 0.0315. The lowest BCUT2D eigenvalue weighted by molar-refractivity contribution is 0.0752. The highest BCUT2D eigenvalue weighted by molar-refractivity contribution is 9.10. The van der Waals surface area contributed by atoms with Crippen molar-refractivity contribution in [1.29, 1.82) is 0 Å². The number of carbonyl (C=O) groups is 1. The van der Waals surface area contributed by atoms with Crippen LogP contribution in [0.2, 0.25) is 0 Å². The molecule has 0 aliphatic rings. The van der Waals surface area contributed by atoms with Crippen molar-refractivity contribution in [2.75, 3.05) is 13.2 Å². The number of hydrogen-bond acceptors (Lipinski definition) is 2. The van der Waals surface area contributed by atoms with Gasteiger partial charge in [-0.1, -0.05) is 53.9 Å². The lowest BCUT2D eigenvalue weighted by atomic mass is 10.1. The number of carbonyl (C=O) groups excluding carboxylic acids is 1. The molecule has 0 fully saturated rings. The van der Waals surface area contributed by atoms with E-state index in [4.69, 9.17) is 4.74 Å². The van der Waals surface area contributed by atoms with Gasteiger partial charge in [-0.2, -0.15) is 0 Å². The van der Waals surface area contributed by atoms with Gasteiger partial charge in [0.2, 0.25) is 0 Å². The zero-order valence-corrected chi connectivity index (χ0v) is 11.1. The Morgan fingerprint density at radius 3 is 2.75 bits per heavy atom. The minimum Gasteiger partial charge on any atom is -0.373 e. The van der Waals surface area contributed by atoms with Crippen molar-refractivity contribution in [2.45, 2.75) is 26.2 Å². The van der Waals surface area contributed by atoms with Gasteiger partial charge >= 0.3 is 0 Å². The van der Waals surface area contributed by atoms with Gasteiger partial charge in [0.1, 0.15) is 6.61 Å². The molecule has 0 aliphatic carbocycles. The van der Waals surface area contributed by atoms with E-state index in [-0.39, 0.29) is 12.4 Å². The smallest absolute Gasteiger partial charge is 0.189 e. The first-order chi connectivity index (χ1) is 7.75. The highest BCUT2D eigenvalue weighted by Crippen LogP contribution is 2.16. The van der Waals surface area contributed by atoms with Crippen LogP contribution in [0.25, 0.3) is 0 Å². The zero-order chi connectivity index (χ0) is 11.8. The van der Waals surface area contributed by atoms with Crippen molar-refractivity contribution in [1.82, 2.24) is 0 Å². The van der Waals surface area contributed by atoms with Crippen LogP contribution in [0.3, 0.4) is 0 Å². The van der Waals surface area contributed by atoms with E-state index in [2.05, 4.69) is 22.9 Å².